The minimum Gasteiger partial charge on any atom is -0.325 e. The molecule has 1 aromatic carbocycles. The molecule has 0 bridgehead atoms. The number of hydrogen-bond donors (Lipinski definition) is 2. The van der Waals surface area contributed by atoms with E-state index in [4.69, 9.17) is 0 Å². The van der Waals surface area contributed by atoms with Gasteiger partial charge >= 0.3 is 0 Å². The van der Waals surface area contributed by atoms with Crippen molar-refractivity contribution in [2.24, 2.45) is 0 Å². The Labute approximate surface area is 133 Å². The zero-order chi connectivity index (χ0) is 16.3. The number of benzene rings is 1. The van der Waals surface area contributed by atoms with Crippen molar-refractivity contribution >= 4 is 33.0 Å². The molecule has 22 heavy (non-hydrogen) atoms. The van der Waals surface area contributed by atoms with Crippen molar-refractivity contribution in [3.05, 3.63) is 39.8 Å². The number of rotatable bonds is 5. The third-order valence-corrected chi connectivity index (χ3v) is 5.51. The predicted octanol–water partition coefficient (Wildman–Crippen LogP) is 2.20. The first-order valence-electron chi connectivity index (χ1n) is 6.59. The summed E-state index contributed by atoms with van der Waals surface area (Å²) in [5.41, 5.74) is 1.16. The molecule has 6 nitrogen and oxygen atoms in total. The van der Waals surface area contributed by atoms with Gasteiger partial charge in [0.1, 0.15) is 9.90 Å². The van der Waals surface area contributed by atoms with Gasteiger partial charge in [-0.3, -0.25) is 4.79 Å². The second kappa shape index (κ2) is 6.55. The molecular formula is C14H17N3O3S2. The van der Waals surface area contributed by atoms with Gasteiger partial charge in [0.15, 0.2) is 0 Å². The van der Waals surface area contributed by atoms with Crippen LogP contribution in [0.1, 0.15) is 22.5 Å². The Bertz CT molecular complexity index is 778. The Balaban J connectivity index is 2.21. The summed E-state index contributed by atoms with van der Waals surface area (Å²) >= 11 is 1.46. The molecule has 0 spiro atoms. The van der Waals surface area contributed by atoms with Crippen LogP contribution in [0.25, 0.3) is 0 Å². The number of para-hydroxylation sites is 1. The molecule has 0 saturated heterocycles. The van der Waals surface area contributed by atoms with Gasteiger partial charge in [-0.2, -0.15) is 0 Å². The fourth-order valence-corrected chi connectivity index (χ4v) is 3.96. The summed E-state index contributed by atoms with van der Waals surface area (Å²) in [5, 5.41) is 3.22. The minimum absolute atomic E-state index is 0.0372. The van der Waals surface area contributed by atoms with Gasteiger partial charge < -0.3 is 5.32 Å². The van der Waals surface area contributed by atoms with E-state index in [1.54, 1.807) is 18.2 Å². The van der Waals surface area contributed by atoms with E-state index in [9.17, 15) is 13.2 Å². The summed E-state index contributed by atoms with van der Waals surface area (Å²) < 4.78 is 27.3. The Hall–Kier alpha value is -1.77. The lowest BCUT2D eigenvalue weighted by Crippen LogP contribution is -2.24. The Morgan fingerprint density at radius 3 is 2.55 bits per heavy atom. The van der Waals surface area contributed by atoms with E-state index in [1.165, 1.54) is 24.3 Å². The standard InChI is InChI=1S/C14H17N3O3S2/c1-9-10(2)21-14(16-9)8-15-22(19,20)13-7-5-4-6-12(13)17-11(3)18/h4-7,15H,8H2,1-3H3,(H,17,18). The van der Waals surface area contributed by atoms with Gasteiger partial charge in [-0.1, -0.05) is 12.1 Å². The monoisotopic (exact) mass is 339 g/mol. The zero-order valence-corrected chi connectivity index (χ0v) is 14.1. The van der Waals surface area contributed by atoms with Crippen molar-refractivity contribution in [3.8, 4) is 0 Å². The highest BCUT2D eigenvalue weighted by atomic mass is 32.2. The number of nitrogens with one attached hydrogen (secondary N) is 2. The highest BCUT2D eigenvalue weighted by Gasteiger charge is 2.19. The van der Waals surface area contributed by atoms with Gasteiger partial charge in [-0.15, -0.1) is 11.3 Å². The summed E-state index contributed by atoms with van der Waals surface area (Å²) in [6.45, 7) is 5.28. The zero-order valence-electron chi connectivity index (χ0n) is 12.5. The maximum atomic E-state index is 12.4. The van der Waals surface area contributed by atoms with Crippen LogP contribution in [0.5, 0.6) is 0 Å². The van der Waals surface area contributed by atoms with Gasteiger partial charge in [0.2, 0.25) is 15.9 Å². The smallest absolute Gasteiger partial charge is 0.243 e. The lowest BCUT2D eigenvalue weighted by atomic mass is 10.3. The maximum Gasteiger partial charge on any atom is 0.243 e. The molecule has 0 saturated carbocycles. The fraction of sp³-hybridized carbons (Fsp3) is 0.286. The fourth-order valence-electron chi connectivity index (χ4n) is 1.84. The largest absolute Gasteiger partial charge is 0.325 e. The van der Waals surface area contributed by atoms with Crippen molar-refractivity contribution in [3.63, 3.8) is 0 Å². The average molecular weight is 339 g/mol. The molecule has 0 atom stereocenters. The quantitative estimate of drug-likeness (QED) is 0.874. The van der Waals surface area contributed by atoms with Crippen LogP contribution in [-0.2, 0) is 21.4 Å². The van der Waals surface area contributed by atoms with Crippen LogP contribution in [0.15, 0.2) is 29.2 Å². The molecule has 0 aliphatic carbocycles. The number of hydrogen-bond acceptors (Lipinski definition) is 5. The number of nitrogens with zero attached hydrogens (tertiary/aromatic N) is 1. The van der Waals surface area contributed by atoms with Crippen molar-refractivity contribution < 1.29 is 13.2 Å². The molecule has 1 aromatic heterocycles. The van der Waals surface area contributed by atoms with Gasteiger partial charge in [0.05, 0.1) is 17.9 Å². The van der Waals surface area contributed by atoms with E-state index in [1.807, 2.05) is 13.8 Å². The first kappa shape index (κ1) is 16.6. The number of carbonyl (C=O) groups excluding carboxylic acids is 1. The predicted molar refractivity (Wildman–Crippen MR) is 86.4 cm³/mol. The summed E-state index contributed by atoms with van der Waals surface area (Å²) in [4.78, 5) is 16.6. The van der Waals surface area contributed by atoms with Crippen LogP contribution in [0.2, 0.25) is 0 Å². The summed E-state index contributed by atoms with van der Waals surface area (Å²) in [6, 6.07) is 6.27. The number of carbonyl (C=O) groups is 1. The molecule has 2 rings (SSSR count). The van der Waals surface area contributed by atoms with E-state index in [0.29, 0.717) is 5.01 Å². The molecule has 1 heterocycles. The second-order valence-corrected chi connectivity index (χ2v) is 7.77. The van der Waals surface area contributed by atoms with Gasteiger partial charge in [0.25, 0.3) is 0 Å². The normalized spacial score (nSPS) is 11.4. The lowest BCUT2D eigenvalue weighted by Gasteiger charge is -2.10. The van der Waals surface area contributed by atoms with E-state index in [-0.39, 0.29) is 23.0 Å². The molecule has 0 aliphatic heterocycles. The highest BCUT2D eigenvalue weighted by Crippen LogP contribution is 2.22. The van der Waals surface area contributed by atoms with Crippen LogP contribution in [-0.4, -0.2) is 19.3 Å². The van der Waals surface area contributed by atoms with Crippen LogP contribution in [0.4, 0.5) is 5.69 Å². The molecular weight excluding hydrogens is 322 g/mol. The molecule has 2 aromatic rings. The Morgan fingerprint density at radius 1 is 1.27 bits per heavy atom. The molecule has 0 radical (unpaired) electrons. The number of amides is 1. The number of aromatic nitrogens is 1. The van der Waals surface area contributed by atoms with Gasteiger partial charge in [-0.05, 0) is 26.0 Å². The van der Waals surface area contributed by atoms with Gasteiger partial charge in [-0.25, -0.2) is 18.1 Å². The molecule has 8 heteroatoms. The molecule has 1 amide bonds. The first-order chi connectivity index (χ1) is 10.3. The first-order valence-corrected chi connectivity index (χ1v) is 8.89. The van der Waals surface area contributed by atoms with Crippen LogP contribution in [0, 0.1) is 13.8 Å². The molecule has 0 fully saturated rings. The van der Waals surface area contributed by atoms with Crippen LogP contribution in [0.3, 0.4) is 0 Å². The number of thiazole rings is 1. The Kier molecular flexibility index (Phi) is 4.94. The van der Waals surface area contributed by atoms with E-state index >= 15 is 0 Å². The SMILES string of the molecule is CC(=O)Nc1ccccc1S(=O)(=O)NCc1nc(C)c(C)s1. The maximum absolute atomic E-state index is 12.4. The van der Waals surface area contributed by atoms with E-state index in [2.05, 4.69) is 15.0 Å². The van der Waals surface area contributed by atoms with Crippen molar-refractivity contribution in [2.75, 3.05) is 5.32 Å². The minimum atomic E-state index is -3.74. The number of sulfonamides is 1. The summed E-state index contributed by atoms with van der Waals surface area (Å²) in [6.07, 6.45) is 0. The van der Waals surface area contributed by atoms with Crippen molar-refractivity contribution in [2.45, 2.75) is 32.2 Å². The summed E-state index contributed by atoms with van der Waals surface area (Å²) in [5.74, 6) is -0.325. The molecule has 0 aliphatic rings. The van der Waals surface area contributed by atoms with E-state index in [0.717, 1.165) is 10.6 Å². The lowest BCUT2D eigenvalue weighted by molar-refractivity contribution is -0.114. The van der Waals surface area contributed by atoms with Crippen LogP contribution >= 0.6 is 11.3 Å². The highest BCUT2D eigenvalue weighted by molar-refractivity contribution is 7.89. The average Bonchev–Trinajstić information content (AvgIpc) is 2.76. The molecule has 2 N–H and O–H groups in total. The van der Waals surface area contributed by atoms with E-state index < -0.39 is 10.0 Å². The van der Waals surface area contributed by atoms with Gasteiger partial charge in [0, 0.05) is 11.8 Å². The number of aryl methyl sites for hydroxylation is 2. The second-order valence-electron chi connectivity index (χ2n) is 4.75. The molecule has 0 unspecified atom stereocenters. The van der Waals surface area contributed by atoms with Crippen molar-refractivity contribution in [1.29, 1.82) is 0 Å². The van der Waals surface area contributed by atoms with Crippen molar-refractivity contribution in [1.82, 2.24) is 9.71 Å². The summed E-state index contributed by atoms with van der Waals surface area (Å²) in [7, 11) is -3.74. The number of anilines is 1. The molecule has 118 valence electrons. The third-order valence-electron chi connectivity index (χ3n) is 2.97. The topological polar surface area (TPSA) is 88.2 Å². The Morgan fingerprint density at radius 2 is 1.95 bits per heavy atom. The van der Waals surface area contributed by atoms with Crippen LogP contribution < -0.4 is 10.0 Å². The third kappa shape index (κ3) is 3.90.